The highest BCUT2D eigenvalue weighted by atomic mass is 14.9. The van der Waals surface area contributed by atoms with Crippen molar-refractivity contribution in [3.63, 3.8) is 0 Å². The van der Waals surface area contributed by atoms with Gasteiger partial charge in [0.25, 0.3) is 0 Å². The van der Waals surface area contributed by atoms with Gasteiger partial charge in [-0.05, 0) is 39.0 Å². The molecule has 0 aromatic rings. The third kappa shape index (κ3) is 16.7. The SMILES string of the molecule is C#CCNCCCNC/C=C/CNCCCNCC#C. The van der Waals surface area contributed by atoms with Gasteiger partial charge in [-0.2, -0.15) is 0 Å². The fourth-order valence-electron chi connectivity index (χ4n) is 1.54. The monoisotopic (exact) mass is 276 g/mol. The van der Waals surface area contributed by atoms with Crippen molar-refractivity contribution in [2.24, 2.45) is 0 Å². The molecule has 0 heterocycles. The Bertz CT molecular complexity index is 269. The van der Waals surface area contributed by atoms with Gasteiger partial charge in [-0.25, -0.2) is 0 Å². The Labute approximate surface area is 124 Å². The molecule has 0 fully saturated rings. The molecule has 0 radical (unpaired) electrons. The Morgan fingerprint density at radius 2 is 1.05 bits per heavy atom. The molecule has 0 aromatic heterocycles. The highest BCUT2D eigenvalue weighted by Crippen LogP contribution is 1.76. The summed E-state index contributed by atoms with van der Waals surface area (Å²) in [6.45, 7) is 7.10. The molecule has 0 aromatic carbocycles. The summed E-state index contributed by atoms with van der Waals surface area (Å²) >= 11 is 0. The Kier molecular flexibility index (Phi) is 16.5. The molecule has 112 valence electrons. The molecule has 0 saturated heterocycles. The summed E-state index contributed by atoms with van der Waals surface area (Å²) in [6, 6.07) is 0. The molecule has 4 heteroatoms. The van der Waals surface area contributed by atoms with E-state index in [0.717, 1.165) is 52.1 Å². The van der Waals surface area contributed by atoms with Crippen LogP contribution in [0.5, 0.6) is 0 Å². The predicted octanol–water partition coefficient (Wildman–Crippen LogP) is -0.0524. The lowest BCUT2D eigenvalue weighted by Gasteiger charge is -2.03. The highest BCUT2D eigenvalue weighted by molar-refractivity contribution is 4.87. The third-order valence-electron chi connectivity index (χ3n) is 2.56. The van der Waals surface area contributed by atoms with E-state index in [-0.39, 0.29) is 0 Å². The van der Waals surface area contributed by atoms with Crippen molar-refractivity contribution in [1.82, 2.24) is 21.3 Å². The van der Waals surface area contributed by atoms with E-state index in [0.29, 0.717) is 13.1 Å². The molecule has 0 aliphatic heterocycles. The second-order valence-electron chi connectivity index (χ2n) is 4.35. The van der Waals surface area contributed by atoms with E-state index >= 15 is 0 Å². The lowest BCUT2D eigenvalue weighted by molar-refractivity contribution is 0.637. The van der Waals surface area contributed by atoms with Gasteiger partial charge in [-0.1, -0.05) is 24.0 Å². The van der Waals surface area contributed by atoms with Gasteiger partial charge in [0, 0.05) is 13.1 Å². The minimum atomic E-state index is 0.657. The van der Waals surface area contributed by atoms with Gasteiger partial charge in [0.1, 0.15) is 0 Å². The summed E-state index contributed by atoms with van der Waals surface area (Å²) in [5.41, 5.74) is 0. The van der Waals surface area contributed by atoms with Crippen molar-refractivity contribution in [3.05, 3.63) is 12.2 Å². The zero-order valence-electron chi connectivity index (χ0n) is 12.4. The van der Waals surface area contributed by atoms with Crippen LogP contribution in [0.15, 0.2) is 12.2 Å². The van der Waals surface area contributed by atoms with Crippen LogP contribution in [-0.4, -0.2) is 52.4 Å². The quantitative estimate of drug-likeness (QED) is 0.204. The summed E-state index contributed by atoms with van der Waals surface area (Å²) in [5.74, 6) is 5.11. The van der Waals surface area contributed by atoms with Crippen molar-refractivity contribution in [1.29, 1.82) is 0 Å². The first-order valence-electron chi connectivity index (χ1n) is 7.26. The zero-order chi connectivity index (χ0) is 14.7. The number of hydrogen-bond donors (Lipinski definition) is 4. The first kappa shape index (κ1) is 18.7. The van der Waals surface area contributed by atoms with E-state index in [9.17, 15) is 0 Å². The fourth-order valence-corrected chi connectivity index (χ4v) is 1.54. The van der Waals surface area contributed by atoms with Crippen molar-refractivity contribution < 1.29 is 0 Å². The second-order valence-corrected chi connectivity index (χ2v) is 4.35. The van der Waals surface area contributed by atoms with Crippen LogP contribution in [0, 0.1) is 24.7 Å². The van der Waals surface area contributed by atoms with Gasteiger partial charge in [-0.3, -0.25) is 0 Å². The average molecular weight is 276 g/mol. The molecule has 4 N–H and O–H groups in total. The van der Waals surface area contributed by atoms with Crippen LogP contribution >= 0.6 is 0 Å². The van der Waals surface area contributed by atoms with Crippen LogP contribution in [0.3, 0.4) is 0 Å². The van der Waals surface area contributed by atoms with Crippen molar-refractivity contribution in [3.8, 4) is 24.7 Å². The number of rotatable bonds is 14. The van der Waals surface area contributed by atoms with Crippen LogP contribution in [-0.2, 0) is 0 Å². The van der Waals surface area contributed by atoms with Crippen LogP contribution < -0.4 is 21.3 Å². The van der Waals surface area contributed by atoms with Crippen LogP contribution in [0.25, 0.3) is 0 Å². The van der Waals surface area contributed by atoms with Gasteiger partial charge < -0.3 is 21.3 Å². The molecule has 0 atom stereocenters. The third-order valence-corrected chi connectivity index (χ3v) is 2.56. The molecule has 0 saturated carbocycles. The van der Waals surface area contributed by atoms with Crippen LogP contribution in [0.4, 0.5) is 0 Å². The van der Waals surface area contributed by atoms with Crippen molar-refractivity contribution >= 4 is 0 Å². The van der Waals surface area contributed by atoms with Crippen LogP contribution in [0.2, 0.25) is 0 Å². The van der Waals surface area contributed by atoms with Gasteiger partial charge in [0.15, 0.2) is 0 Å². The van der Waals surface area contributed by atoms with Gasteiger partial charge >= 0.3 is 0 Å². The Balaban J connectivity index is 3.06. The first-order chi connectivity index (χ1) is 9.91. The lowest BCUT2D eigenvalue weighted by Crippen LogP contribution is -2.23. The topological polar surface area (TPSA) is 48.1 Å². The average Bonchev–Trinajstić information content (AvgIpc) is 2.47. The van der Waals surface area contributed by atoms with E-state index < -0.39 is 0 Å². The van der Waals surface area contributed by atoms with E-state index in [2.05, 4.69) is 45.3 Å². The highest BCUT2D eigenvalue weighted by Gasteiger charge is 1.87. The minimum Gasteiger partial charge on any atom is -0.313 e. The zero-order valence-corrected chi connectivity index (χ0v) is 12.4. The maximum Gasteiger partial charge on any atom is 0.0573 e. The summed E-state index contributed by atoms with van der Waals surface area (Å²) in [5, 5.41) is 13.0. The molecular weight excluding hydrogens is 248 g/mol. The lowest BCUT2D eigenvalue weighted by atomic mass is 10.4. The number of terminal acetylenes is 2. The molecule has 0 aliphatic rings. The van der Waals surface area contributed by atoms with Gasteiger partial charge in [-0.15, -0.1) is 12.8 Å². The molecule has 20 heavy (non-hydrogen) atoms. The normalized spacial score (nSPS) is 10.5. The Morgan fingerprint density at radius 3 is 1.45 bits per heavy atom. The van der Waals surface area contributed by atoms with E-state index in [4.69, 9.17) is 12.8 Å². The van der Waals surface area contributed by atoms with Gasteiger partial charge in [0.05, 0.1) is 13.1 Å². The molecular formula is C16H28N4. The largest absolute Gasteiger partial charge is 0.313 e. The fraction of sp³-hybridized carbons (Fsp3) is 0.625. The van der Waals surface area contributed by atoms with E-state index in [1.54, 1.807) is 0 Å². The molecule has 4 nitrogen and oxygen atoms in total. The van der Waals surface area contributed by atoms with Gasteiger partial charge in [0.2, 0.25) is 0 Å². The maximum absolute atomic E-state index is 5.13. The summed E-state index contributed by atoms with van der Waals surface area (Å²) < 4.78 is 0. The summed E-state index contributed by atoms with van der Waals surface area (Å²) in [6.07, 6.45) is 16.8. The van der Waals surface area contributed by atoms with E-state index in [1.165, 1.54) is 0 Å². The van der Waals surface area contributed by atoms with E-state index in [1.807, 2.05) is 0 Å². The molecule has 0 amide bonds. The first-order valence-corrected chi connectivity index (χ1v) is 7.26. The molecule has 0 spiro atoms. The maximum atomic E-state index is 5.13. The Hall–Kier alpha value is -1.30. The minimum absolute atomic E-state index is 0.657. The number of hydrogen-bond acceptors (Lipinski definition) is 4. The number of nitrogens with one attached hydrogen (secondary N) is 4. The second kappa shape index (κ2) is 17.7. The molecule has 0 bridgehead atoms. The standard InChI is InChI=1S/C16H28N4/c1-3-9-17-13-7-15-19-11-5-6-12-20-16-8-14-18-10-4-2/h1-2,5-6,17-20H,7-16H2/b6-5+. The predicted molar refractivity (Wildman–Crippen MR) is 87.5 cm³/mol. The van der Waals surface area contributed by atoms with Crippen LogP contribution in [0.1, 0.15) is 12.8 Å². The molecule has 0 rings (SSSR count). The summed E-state index contributed by atoms with van der Waals surface area (Å²) in [7, 11) is 0. The molecule has 0 aliphatic carbocycles. The summed E-state index contributed by atoms with van der Waals surface area (Å²) in [4.78, 5) is 0. The molecule has 0 unspecified atom stereocenters. The smallest absolute Gasteiger partial charge is 0.0573 e. The van der Waals surface area contributed by atoms with Crippen molar-refractivity contribution in [2.75, 3.05) is 52.4 Å². The Morgan fingerprint density at radius 1 is 0.650 bits per heavy atom. The van der Waals surface area contributed by atoms with Crippen molar-refractivity contribution in [2.45, 2.75) is 12.8 Å².